The van der Waals surface area contributed by atoms with Crippen LogP contribution in [0.15, 0.2) is 66.7 Å². The van der Waals surface area contributed by atoms with E-state index in [4.69, 9.17) is 37.4 Å². The van der Waals surface area contributed by atoms with Crippen molar-refractivity contribution in [2.45, 2.75) is 6.92 Å². The van der Waals surface area contributed by atoms with E-state index in [1.165, 1.54) is 13.0 Å². The van der Waals surface area contributed by atoms with E-state index in [-0.39, 0.29) is 11.8 Å². The first-order chi connectivity index (χ1) is 14.9. The fourth-order valence-electron chi connectivity index (χ4n) is 2.59. The quantitative estimate of drug-likeness (QED) is 0.146. The second-order valence-corrected chi connectivity index (χ2v) is 7.16. The summed E-state index contributed by atoms with van der Waals surface area (Å²) in [5.41, 5.74) is 1.44. The molecule has 0 saturated carbocycles. The Morgan fingerprint density at radius 3 is 2.03 bits per heavy atom. The van der Waals surface area contributed by atoms with Crippen molar-refractivity contribution in [2.24, 2.45) is 0 Å². The Bertz CT molecular complexity index is 1110. The number of ketones is 1. The van der Waals surface area contributed by atoms with Crippen molar-refractivity contribution in [1.29, 1.82) is 0 Å². The molecule has 0 unspecified atom stereocenters. The minimum Gasteiger partial charge on any atom is -0.497 e. The molecule has 7 heteroatoms. The zero-order valence-corrected chi connectivity index (χ0v) is 18.2. The molecule has 0 saturated heterocycles. The first-order valence-electron chi connectivity index (χ1n) is 9.18. The van der Waals surface area contributed by atoms with Gasteiger partial charge in [0, 0.05) is 12.5 Å². The summed E-state index contributed by atoms with van der Waals surface area (Å²) < 4.78 is 15.0. The summed E-state index contributed by atoms with van der Waals surface area (Å²) in [7, 11) is 1.58. The Morgan fingerprint density at radius 2 is 1.55 bits per heavy atom. The van der Waals surface area contributed by atoms with Crippen molar-refractivity contribution in [1.82, 2.24) is 0 Å². The molecule has 0 atom stereocenters. The normalized spacial score (nSPS) is 11.0. The van der Waals surface area contributed by atoms with Crippen LogP contribution in [-0.4, -0.2) is 18.9 Å². The molecule has 3 aromatic carbocycles. The Balaban J connectivity index is 0.000000248. The van der Waals surface area contributed by atoms with Crippen LogP contribution < -0.4 is 14.2 Å². The average molecular weight is 457 g/mol. The zero-order chi connectivity index (χ0) is 22.4. The van der Waals surface area contributed by atoms with Crippen LogP contribution in [0.1, 0.15) is 22.8 Å². The third kappa shape index (κ3) is 5.87. The van der Waals surface area contributed by atoms with E-state index in [1.807, 2.05) is 0 Å². The molecule has 2 aliphatic rings. The predicted molar refractivity (Wildman–Crippen MR) is 121 cm³/mol. The van der Waals surface area contributed by atoms with Crippen molar-refractivity contribution in [3.8, 4) is 23.0 Å². The fraction of sp³-hybridized carbons (Fsp3) is 0.0833. The van der Waals surface area contributed by atoms with Gasteiger partial charge in [-0.05, 0) is 60.2 Å². The summed E-state index contributed by atoms with van der Waals surface area (Å²) in [5, 5.41) is 1.22. The molecule has 2 heterocycles. The maximum Gasteiger partial charge on any atom is 0.308 e. The van der Waals surface area contributed by atoms with Crippen molar-refractivity contribution in [3.63, 3.8) is 0 Å². The Hall–Kier alpha value is -3.28. The van der Waals surface area contributed by atoms with Gasteiger partial charge in [-0.1, -0.05) is 41.4 Å². The highest BCUT2D eigenvalue weighted by atomic mass is 35.5. The number of fused-ring (bicyclic) bond motifs is 2. The summed E-state index contributed by atoms with van der Waals surface area (Å²) in [4.78, 5) is 22.9. The van der Waals surface area contributed by atoms with Crippen LogP contribution in [0, 0.1) is 0 Å². The van der Waals surface area contributed by atoms with Gasteiger partial charge in [-0.3, -0.25) is 9.59 Å². The van der Waals surface area contributed by atoms with Gasteiger partial charge in [0.15, 0.2) is 11.5 Å². The lowest BCUT2D eigenvalue weighted by molar-refractivity contribution is -0.131. The third-order valence-corrected chi connectivity index (χ3v) is 4.82. The van der Waals surface area contributed by atoms with Crippen LogP contribution in [0.2, 0.25) is 10.0 Å². The van der Waals surface area contributed by atoms with Crippen molar-refractivity contribution < 1.29 is 23.8 Å². The molecule has 2 aliphatic heterocycles. The Labute approximate surface area is 189 Å². The molecule has 2 bridgehead atoms. The second kappa shape index (κ2) is 10.2. The van der Waals surface area contributed by atoms with Crippen LogP contribution in [0.4, 0.5) is 0 Å². The smallest absolute Gasteiger partial charge is 0.308 e. The molecule has 0 fully saturated rings. The Kier molecular flexibility index (Phi) is 7.34. The topological polar surface area (TPSA) is 61.8 Å². The fourth-order valence-corrected chi connectivity index (χ4v) is 3.07. The minimum atomic E-state index is -0.363. The number of hydrogen-bond donors (Lipinski definition) is 0. The summed E-state index contributed by atoms with van der Waals surface area (Å²) in [6.07, 6.45) is 3.22. The minimum absolute atomic E-state index is 0.0910. The highest BCUT2D eigenvalue weighted by Gasteiger charge is 2.22. The third-order valence-electron chi connectivity index (χ3n) is 4.17. The average Bonchev–Trinajstić information content (AvgIpc) is 2.78. The SMILES string of the molecule is COc1ccc(C(=O)C=Cc2ccc(OC(C)=O)cc2)cc1.Clc1ccc2c(Cl)c1O2. The van der Waals surface area contributed by atoms with Gasteiger partial charge in [0.1, 0.15) is 22.3 Å². The number of methoxy groups -OCH3 is 1. The molecule has 3 aromatic rings. The van der Waals surface area contributed by atoms with Gasteiger partial charge >= 0.3 is 5.97 Å². The van der Waals surface area contributed by atoms with E-state index in [0.29, 0.717) is 32.9 Å². The number of carbonyl (C=O) groups excluding carboxylic acids is 2. The van der Waals surface area contributed by atoms with Crippen LogP contribution in [0.25, 0.3) is 6.08 Å². The molecule has 0 aromatic heterocycles. The molecule has 31 heavy (non-hydrogen) atoms. The number of rotatable bonds is 5. The maximum absolute atomic E-state index is 12.0. The van der Waals surface area contributed by atoms with Crippen LogP contribution in [0.5, 0.6) is 23.0 Å². The lowest BCUT2D eigenvalue weighted by atomic mass is 10.1. The molecule has 0 spiro atoms. The van der Waals surface area contributed by atoms with E-state index in [0.717, 1.165) is 11.3 Å². The first-order valence-corrected chi connectivity index (χ1v) is 9.94. The molecule has 5 nitrogen and oxygen atoms in total. The van der Waals surface area contributed by atoms with Crippen molar-refractivity contribution in [2.75, 3.05) is 7.11 Å². The van der Waals surface area contributed by atoms with Crippen LogP contribution in [-0.2, 0) is 4.79 Å². The van der Waals surface area contributed by atoms with E-state index >= 15 is 0 Å². The molecule has 0 N–H and O–H groups in total. The molecular weight excluding hydrogens is 439 g/mol. The molecule has 0 aliphatic carbocycles. The lowest BCUT2D eigenvalue weighted by Crippen LogP contribution is -2.00. The predicted octanol–water partition coefficient (Wildman–Crippen LogP) is 6.62. The molecule has 0 amide bonds. The van der Waals surface area contributed by atoms with Gasteiger partial charge in [-0.25, -0.2) is 0 Å². The van der Waals surface area contributed by atoms with Gasteiger partial charge in [0.05, 0.1) is 12.1 Å². The van der Waals surface area contributed by atoms with Gasteiger partial charge in [0.25, 0.3) is 0 Å². The molecule has 0 radical (unpaired) electrons. The standard InChI is InChI=1S/C18H16O4.C6H2Cl2O/c1-13(19)22-17-8-3-14(4-9-17)5-12-18(20)15-6-10-16(21-2)11-7-15;7-3-1-2-4-5(8)6(3)9-4/h3-12H,1-2H3;1-2H. The summed E-state index contributed by atoms with van der Waals surface area (Å²) >= 11 is 11.3. The first kappa shape index (κ1) is 22.4. The summed E-state index contributed by atoms with van der Waals surface area (Å²) in [5.74, 6) is 2.06. The second-order valence-electron chi connectivity index (χ2n) is 6.38. The van der Waals surface area contributed by atoms with Gasteiger partial charge in [-0.2, -0.15) is 0 Å². The van der Waals surface area contributed by atoms with Crippen molar-refractivity contribution in [3.05, 3.63) is 87.9 Å². The largest absolute Gasteiger partial charge is 0.497 e. The number of ether oxygens (including phenoxy) is 3. The van der Waals surface area contributed by atoms with E-state index in [9.17, 15) is 9.59 Å². The number of allylic oxidation sites excluding steroid dienone is 1. The molecule has 158 valence electrons. The van der Waals surface area contributed by atoms with Gasteiger partial charge < -0.3 is 14.2 Å². The summed E-state index contributed by atoms with van der Waals surface area (Å²) in [6, 6.07) is 17.3. The van der Waals surface area contributed by atoms with Gasteiger partial charge in [0.2, 0.25) is 0 Å². The van der Waals surface area contributed by atoms with Crippen LogP contribution in [0.3, 0.4) is 0 Å². The summed E-state index contributed by atoms with van der Waals surface area (Å²) in [6.45, 7) is 1.35. The lowest BCUT2D eigenvalue weighted by Gasteiger charge is -2.20. The monoisotopic (exact) mass is 456 g/mol. The highest BCUT2D eigenvalue weighted by molar-refractivity contribution is 6.39. The van der Waals surface area contributed by atoms with E-state index in [2.05, 4.69) is 0 Å². The molecule has 5 rings (SSSR count). The van der Waals surface area contributed by atoms with E-state index < -0.39 is 0 Å². The van der Waals surface area contributed by atoms with Crippen LogP contribution >= 0.6 is 23.2 Å². The highest BCUT2D eigenvalue weighted by Crippen LogP contribution is 2.50. The van der Waals surface area contributed by atoms with Crippen molar-refractivity contribution >= 4 is 41.0 Å². The Morgan fingerprint density at radius 1 is 0.903 bits per heavy atom. The zero-order valence-electron chi connectivity index (χ0n) is 16.7. The maximum atomic E-state index is 12.0. The number of carbonyl (C=O) groups is 2. The number of hydrogen-bond acceptors (Lipinski definition) is 5. The number of halogens is 2. The van der Waals surface area contributed by atoms with Gasteiger partial charge in [-0.15, -0.1) is 0 Å². The van der Waals surface area contributed by atoms with E-state index in [1.54, 1.807) is 73.8 Å². The molecular formula is C24H18Cl2O5. The number of benzene rings is 3. The number of esters is 1.